The van der Waals surface area contributed by atoms with Crippen molar-refractivity contribution in [2.45, 2.75) is 64.0 Å². The van der Waals surface area contributed by atoms with Crippen LogP contribution in [0.15, 0.2) is 22.9 Å². The van der Waals surface area contributed by atoms with Gasteiger partial charge in [0.25, 0.3) is 0 Å². The van der Waals surface area contributed by atoms with Crippen molar-refractivity contribution in [1.29, 1.82) is 0 Å². The maximum absolute atomic E-state index is 13.4. The summed E-state index contributed by atoms with van der Waals surface area (Å²) < 4.78 is 42.0. The van der Waals surface area contributed by atoms with Gasteiger partial charge in [-0.3, -0.25) is 0 Å². The molecule has 0 aromatic carbocycles. The molecule has 3 N–H and O–H groups in total. The molecule has 2 aliphatic carbocycles. The Bertz CT molecular complexity index is 842. The molecular weight excluding hydrogens is 371 g/mol. The van der Waals surface area contributed by atoms with Crippen LogP contribution < -0.4 is 5.73 Å². The molecule has 9 heteroatoms. The first-order valence-corrected chi connectivity index (χ1v) is 9.37. The van der Waals surface area contributed by atoms with Crippen LogP contribution in [0.2, 0.25) is 0 Å². The Morgan fingerprint density at radius 1 is 1.21 bits per heavy atom. The normalized spacial score (nSPS) is 29.4. The first-order chi connectivity index (χ1) is 13.0. The van der Waals surface area contributed by atoms with Gasteiger partial charge in [-0.1, -0.05) is 31.2 Å². The number of halogens is 3. The summed E-state index contributed by atoms with van der Waals surface area (Å²) in [4.78, 5) is 0. The maximum Gasteiger partial charge on any atom is 0.413 e. The molecule has 154 valence electrons. The zero-order chi connectivity index (χ0) is 20.7. The van der Waals surface area contributed by atoms with E-state index < -0.39 is 17.2 Å². The molecule has 0 amide bonds. The molecule has 0 saturated heterocycles. The van der Waals surface area contributed by atoms with Crippen molar-refractivity contribution in [2.75, 3.05) is 0 Å². The van der Waals surface area contributed by atoms with E-state index in [1.807, 2.05) is 13.8 Å². The van der Waals surface area contributed by atoms with Crippen molar-refractivity contribution in [3.05, 3.63) is 29.4 Å². The number of hydrogen-bond donors (Lipinski definition) is 2. The van der Waals surface area contributed by atoms with E-state index in [0.29, 0.717) is 37.9 Å². The minimum atomic E-state index is -4.39. The second-order valence-electron chi connectivity index (χ2n) is 8.34. The van der Waals surface area contributed by atoms with Gasteiger partial charge in [-0.15, -0.1) is 10.2 Å². The molecule has 1 saturated carbocycles. The lowest BCUT2D eigenvalue weighted by Crippen LogP contribution is -2.42. The molecule has 1 aromatic rings. The minimum absolute atomic E-state index is 0.0487. The second-order valence-corrected chi connectivity index (χ2v) is 8.34. The van der Waals surface area contributed by atoms with Crippen LogP contribution in [0, 0.1) is 5.41 Å². The summed E-state index contributed by atoms with van der Waals surface area (Å²) in [5, 5.41) is 20.6. The summed E-state index contributed by atoms with van der Waals surface area (Å²) in [6.07, 6.45) is 1.99. The van der Waals surface area contributed by atoms with Gasteiger partial charge >= 0.3 is 6.18 Å². The highest BCUT2D eigenvalue weighted by molar-refractivity contribution is 5.85. The van der Waals surface area contributed by atoms with E-state index in [0.717, 1.165) is 0 Å². The van der Waals surface area contributed by atoms with E-state index >= 15 is 0 Å². The quantitative estimate of drug-likeness (QED) is 0.348. The zero-order valence-electron chi connectivity index (χ0n) is 16.3. The van der Waals surface area contributed by atoms with E-state index in [1.165, 1.54) is 6.08 Å². The van der Waals surface area contributed by atoms with E-state index in [4.69, 9.17) is 10.9 Å². The summed E-state index contributed by atoms with van der Waals surface area (Å²) in [6, 6.07) is 0. The summed E-state index contributed by atoms with van der Waals surface area (Å²) >= 11 is 0. The fourth-order valence-corrected chi connectivity index (χ4v) is 4.21. The average Bonchev–Trinajstić information content (AvgIpc) is 3.05. The van der Waals surface area contributed by atoms with Crippen LogP contribution in [0.1, 0.15) is 64.0 Å². The Morgan fingerprint density at radius 2 is 1.86 bits per heavy atom. The standard InChI is InChI=1S/C19H26F3N5O/c1-17(15(23)26-28)8-10-18(2,11-9-17)16-25-24-14(27(16)3)12-6-4-5-7-13(12)19(20,21)22/h4,6,28H,5,7-11H2,1-3H3,(H2,23,26). The Hall–Kier alpha value is -2.32. The van der Waals surface area contributed by atoms with Crippen molar-refractivity contribution in [3.8, 4) is 0 Å². The van der Waals surface area contributed by atoms with Gasteiger partial charge in [0.2, 0.25) is 0 Å². The second kappa shape index (κ2) is 6.93. The van der Waals surface area contributed by atoms with E-state index in [1.54, 1.807) is 17.7 Å². The highest BCUT2D eigenvalue weighted by Gasteiger charge is 2.44. The van der Waals surface area contributed by atoms with Crippen LogP contribution in [-0.4, -0.2) is 32.0 Å². The fourth-order valence-electron chi connectivity index (χ4n) is 4.21. The Kier molecular flexibility index (Phi) is 5.05. The van der Waals surface area contributed by atoms with Gasteiger partial charge in [0.05, 0.1) is 0 Å². The lowest BCUT2D eigenvalue weighted by molar-refractivity contribution is -0.0933. The molecule has 1 fully saturated rings. The topological polar surface area (TPSA) is 89.3 Å². The summed E-state index contributed by atoms with van der Waals surface area (Å²) in [7, 11) is 1.72. The molecule has 3 rings (SSSR count). The average molecular weight is 397 g/mol. The Labute approximate surface area is 162 Å². The lowest BCUT2D eigenvalue weighted by atomic mass is 9.64. The number of nitrogens with two attached hydrogens (primary N) is 1. The molecule has 1 aromatic heterocycles. The number of aromatic nitrogens is 3. The Balaban J connectivity index is 1.94. The van der Waals surface area contributed by atoms with Crippen molar-refractivity contribution in [2.24, 2.45) is 23.4 Å². The third-order valence-electron chi connectivity index (χ3n) is 6.35. The molecule has 1 heterocycles. The molecule has 0 unspecified atom stereocenters. The molecule has 28 heavy (non-hydrogen) atoms. The van der Waals surface area contributed by atoms with Crippen LogP contribution in [0.3, 0.4) is 0 Å². The van der Waals surface area contributed by atoms with Crippen molar-refractivity contribution in [1.82, 2.24) is 14.8 Å². The summed E-state index contributed by atoms with van der Waals surface area (Å²) in [5.74, 6) is 1.11. The zero-order valence-corrected chi connectivity index (χ0v) is 16.3. The third-order valence-corrected chi connectivity index (χ3v) is 6.35. The molecule has 0 aliphatic heterocycles. The number of nitrogens with zero attached hydrogens (tertiary/aromatic N) is 4. The molecule has 0 spiro atoms. The predicted molar refractivity (Wildman–Crippen MR) is 99.7 cm³/mol. The predicted octanol–water partition coefficient (Wildman–Crippen LogP) is 4.07. The largest absolute Gasteiger partial charge is 0.413 e. The van der Waals surface area contributed by atoms with Crippen LogP contribution in [-0.2, 0) is 12.5 Å². The van der Waals surface area contributed by atoms with Gasteiger partial charge in [0.15, 0.2) is 5.82 Å². The van der Waals surface area contributed by atoms with Gasteiger partial charge < -0.3 is 15.5 Å². The van der Waals surface area contributed by atoms with Crippen LogP contribution in [0.4, 0.5) is 13.2 Å². The molecule has 2 aliphatic rings. The summed E-state index contributed by atoms with van der Waals surface area (Å²) in [5.41, 5.74) is 4.66. The number of rotatable bonds is 3. The number of oxime groups is 1. The first kappa shape index (κ1) is 20.4. The monoisotopic (exact) mass is 397 g/mol. The number of allylic oxidation sites excluding steroid dienone is 4. The van der Waals surface area contributed by atoms with Gasteiger partial charge in [-0.2, -0.15) is 13.2 Å². The highest BCUT2D eigenvalue weighted by atomic mass is 19.4. The van der Waals surface area contributed by atoms with E-state index in [9.17, 15) is 13.2 Å². The van der Waals surface area contributed by atoms with Gasteiger partial charge in [0, 0.05) is 29.0 Å². The number of amidine groups is 1. The van der Waals surface area contributed by atoms with E-state index in [2.05, 4.69) is 15.4 Å². The van der Waals surface area contributed by atoms with Crippen LogP contribution in [0.5, 0.6) is 0 Å². The van der Waals surface area contributed by atoms with Crippen molar-refractivity contribution >= 4 is 11.4 Å². The van der Waals surface area contributed by atoms with Gasteiger partial charge in [-0.05, 0) is 38.5 Å². The molecule has 0 atom stereocenters. The first-order valence-electron chi connectivity index (χ1n) is 9.37. The SMILES string of the molecule is Cn1c(C2=C(C(F)(F)F)CCC=C2)nnc1C1(C)CCC(C)(/C(N)=N\O)CC1. The number of hydrogen-bond acceptors (Lipinski definition) is 4. The fraction of sp³-hybridized carbons (Fsp3) is 0.632. The van der Waals surface area contributed by atoms with E-state index in [-0.39, 0.29) is 29.1 Å². The third kappa shape index (κ3) is 3.42. The molecule has 0 bridgehead atoms. The number of alkyl halides is 3. The van der Waals surface area contributed by atoms with Crippen LogP contribution in [0.25, 0.3) is 5.57 Å². The van der Waals surface area contributed by atoms with Crippen LogP contribution >= 0.6 is 0 Å². The van der Waals surface area contributed by atoms with Crippen molar-refractivity contribution in [3.63, 3.8) is 0 Å². The Morgan fingerprint density at radius 3 is 2.43 bits per heavy atom. The van der Waals surface area contributed by atoms with Gasteiger partial charge in [-0.25, -0.2) is 0 Å². The van der Waals surface area contributed by atoms with Gasteiger partial charge in [0.1, 0.15) is 11.7 Å². The van der Waals surface area contributed by atoms with Crippen molar-refractivity contribution < 1.29 is 18.4 Å². The maximum atomic E-state index is 13.4. The molecule has 0 radical (unpaired) electrons. The smallest absolute Gasteiger partial charge is 0.409 e. The molecule has 6 nitrogen and oxygen atoms in total. The highest BCUT2D eigenvalue weighted by Crippen LogP contribution is 2.47. The summed E-state index contributed by atoms with van der Waals surface area (Å²) in [6.45, 7) is 4.00. The minimum Gasteiger partial charge on any atom is -0.409 e. The molecular formula is C19H26F3N5O. The lowest BCUT2D eigenvalue weighted by Gasteiger charge is -2.41.